The molecule has 0 fully saturated rings. The molecule has 0 aromatic rings. The van der Waals surface area contributed by atoms with E-state index in [-0.39, 0.29) is 12.4 Å². The molecular formula is C9H16N2O5S. The first-order valence-electron chi connectivity index (χ1n) is 4.95. The average molecular weight is 264 g/mol. The lowest BCUT2D eigenvalue weighted by Crippen LogP contribution is -2.43. The molecule has 0 spiro atoms. The van der Waals surface area contributed by atoms with Crippen molar-refractivity contribution in [1.29, 1.82) is 0 Å². The highest BCUT2D eigenvalue weighted by Crippen LogP contribution is 2.24. The Bertz CT molecular complexity index is 306. The fourth-order valence-corrected chi connectivity index (χ4v) is 1.99. The molecule has 0 aliphatic carbocycles. The molecule has 0 aromatic heterocycles. The number of carbonyl (C=O) groups excluding carboxylic acids is 1. The van der Waals surface area contributed by atoms with Crippen LogP contribution in [0.4, 0.5) is 0 Å². The lowest BCUT2D eigenvalue weighted by atomic mass is 10.0. The number of nitro groups is 1. The maximum absolute atomic E-state index is 11.1. The van der Waals surface area contributed by atoms with Crippen LogP contribution in [0.5, 0.6) is 0 Å². The number of carbonyl (C=O) groups is 1. The van der Waals surface area contributed by atoms with E-state index in [4.69, 9.17) is 9.94 Å². The molecule has 1 unspecified atom stereocenters. The summed E-state index contributed by atoms with van der Waals surface area (Å²) in [7, 11) is 0. The second-order valence-electron chi connectivity index (χ2n) is 3.71. The Morgan fingerprint density at radius 3 is 2.71 bits per heavy atom. The van der Waals surface area contributed by atoms with Crippen molar-refractivity contribution in [1.82, 2.24) is 0 Å². The summed E-state index contributed by atoms with van der Waals surface area (Å²) in [5.74, 6) is -0.477. The molecule has 0 amide bonds. The highest BCUT2D eigenvalue weighted by molar-refractivity contribution is 8.01. The third kappa shape index (κ3) is 5.03. The van der Waals surface area contributed by atoms with Gasteiger partial charge in [0.15, 0.2) is 0 Å². The molecule has 0 radical (unpaired) electrons. The van der Waals surface area contributed by atoms with E-state index in [9.17, 15) is 14.9 Å². The van der Waals surface area contributed by atoms with Crippen molar-refractivity contribution in [2.45, 2.75) is 31.6 Å². The number of ether oxygens (including phenoxy) is 1. The molecular weight excluding hydrogens is 248 g/mol. The maximum Gasteiger partial charge on any atom is 0.315 e. The molecule has 0 saturated heterocycles. The van der Waals surface area contributed by atoms with Gasteiger partial charge in [-0.05, 0) is 6.92 Å². The largest absolute Gasteiger partial charge is 0.465 e. The van der Waals surface area contributed by atoms with E-state index in [0.29, 0.717) is 0 Å². The van der Waals surface area contributed by atoms with E-state index in [1.54, 1.807) is 6.92 Å². The van der Waals surface area contributed by atoms with Crippen LogP contribution in [0.2, 0.25) is 0 Å². The number of oxime groups is 1. The third-order valence-electron chi connectivity index (χ3n) is 2.05. The van der Waals surface area contributed by atoms with Gasteiger partial charge >= 0.3 is 5.97 Å². The summed E-state index contributed by atoms with van der Waals surface area (Å²) >= 11 is 1.00. The quantitative estimate of drug-likeness (QED) is 0.243. The third-order valence-corrected chi connectivity index (χ3v) is 3.51. The average Bonchev–Trinajstić information content (AvgIpc) is 2.24. The molecule has 0 rings (SSSR count). The molecule has 17 heavy (non-hydrogen) atoms. The summed E-state index contributed by atoms with van der Waals surface area (Å²) in [6.45, 7) is 4.74. The fourth-order valence-electron chi connectivity index (χ4n) is 0.954. The van der Waals surface area contributed by atoms with Crippen LogP contribution in [0, 0.1) is 10.1 Å². The molecule has 8 heteroatoms. The van der Waals surface area contributed by atoms with Crippen molar-refractivity contribution < 1.29 is 19.7 Å². The van der Waals surface area contributed by atoms with Gasteiger partial charge in [-0.2, -0.15) is 0 Å². The smallest absolute Gasteiger partial charge is 0.315 e. The van der Waals surface area contributed by atoms with Gasteiger partial charge in [0.05, 0.1) is 18.6 Å². The van der Waals surface area contributed by atoms with Crippen molar-refractivity contribution in [3.63, 3.8) is 0 Å². The number of nitrogens with zero attached hydrogens (tertiary/aromatic N) is 2. The summed E-state index contributed by atoms with van der Waals surface area (Å²) in [6, 6.07) is 0. The maximum atomic E-state index is 11.1. The Hall–Kier alpha value is -1.31. The van der Waals surface area contributed by atoms with Gasteiger partial charge in [-0.15, -0.1) is 16.9 Å². The summed E-state index contributed by atoms with van der Waals surface area (Å²) in [5, 5.41) is 21.4. The van der Waals surface area contributed by atoms with Gasteiger partial charge in [0.25, 0.3) is 0 Å². The summed E-state index contributed by atoms with van der Waals surface area (Å²) in [4.78, 5) is 21.5. The topological polar surface area (TPSA) is 102 Å². The minimum atomic E-state index is -1.33. The lowest BCUT2D eigenvalue weighted by Gasteiger charge is -2.22. The Morgan fingerprint density at radius 1 is 1.71 bits per heavy atom. The lowest BCUT2D eigenvalue weighted by molar-refractivity contribution is -0.556. The summed E-state index contributed by atoms with van der Waals surface area (Å²) in [5.41, 5.74) is -1.33. The number of esters is 1. The van der Waals surface area contributed by atoms with Gasteiger partial charge in [0.1, 0.15) is 5.25 Å². The zero-order valence-electron chi connectivity index (χ0n) is 9.95. The van der Waals surface area contributed by atoms with Crippen LogP contribution in [0.3, 0.4) is 0 Å². The van der Waals surface area contributed by atoms with Crippen molar-refractivity contribution in [2.75, 3.05) is 12.4 Å². The Kier molecular flexibility index (Phi) is 6.55. The highest BCUT2D eigenvalue weighted by Gasteiger charge is 2.40. The number of hydrogen-bond acceptors (Lipinski definition) is 7. The van der Waals surface area contributed by atoms with E-state index in [1.807, 2.05) is 0 Å². The Labute approximate surface area is 103 Å². The van der Waals surface area contributed by atoms with Crippen LogP contribution >= 0.6 is 11.8 Å². The molecule has 98 valence electrons. The minimum Gasteiger partial charge on any atom is -0.465 e. The van der Waals surface area contributed by atoms with Gasteiger partial charge in [-0.3, -0.25) is 14.9 Å². The van der Waals surface area contributed by atoms with Gasteiger partial charge in [0, 0.05) is 18.8 Å². The Morgan fingerprint density at radius 2 is 2.29 bits per heavy atom. The predicted molar refractivity (Wildman–Crippen MR) is 64.2 cm³/mol. The first kappa shape index (κ1) is 15.7. The first-order valence-corrected chi connectivity index (χ1v) is 6.00. The van der Waals surface area contributed by atoms with E-state index >= 15 is 0 Å². The SMILES string of the molecule is CCOC(=O)CSC(C=NO)C(C)(C)[N+](=O)[O-]. The number of hydrogen-bond donors (Lipinski definition) is 1. The number of thioether (sulfide) groups is 1. The molecule has 1 atom stereocenters. The van der Waals surface area contributed by atoms with E-state index in [2.05, 4.69) is 5.16 Å². The zero-order chi connectivity index (χ0) is 13.5. The van der Waals surface area contributed by atoms with Crippen molar-refractivity contribution in [3.8, 4) is 0 Å². The van der Waals surface area contributed by atoms with Crippen LogP contribution in [-0.4, -0.2) is 45.5 Å². The van der Waals surface area contributed by atoms with Crippen molar-refractivity contribution in [3.05, 3.63) is 10.1 Å². The van der Waals surface area contributed by atoms with E-state index in [0.717, 1.165) is 18.0 Å². The van der Waals surface area contributed by atoms with Crippen molar-refractivity contribution in [2.24, 2.45) is 5.16 Å². The van der Waals surface area contributed by atoms with Gasteiger partial charge in [-0.25, -0.2) is 0 Å². The number of rotatable bonds is 7. The fraction of sp³-hybridized carbons (Fsp3) is 0.778. The second kappa shape index (κ2) is 7.10. The molecule has 0 aliphatic rings. The van der Waals surface area contributed by atoms with Gasteiger partial charge in [0.2, 0.25) is 5.54 Å². The predicted octanol–water partition coefficient (Wildman–Crippen LogP) is 1.17. The van der Waals surface area contributed by atoms with Crippen LogP contribution in [0.1, 0.15) is 20.8 Å². The minimum absolute atomic E-state index is 0.0260. The van der Waals surface area contributed by atoms with Gasteiger partial charge < -0.3 is 9.94 Å². The standard InChI is InChI=1S/C9H16N2O5S/c1-4-16-8(12)6-17-7(5-10-13)9(2,3)11(14)15/h5,7,13H,4,6H2,1-3H3. The van der Waals surface area contributed by atoms with Crippen LogP contribution < -0.4 is 0 Å². The van der Waals surface area contributed by atoms with Gasteiger partial charge in [-0.1, -0.05) is 0 Å². The molecule has 7 nitrogen and oxygen atoms in total. The highest BCUT2D eigenvalue weighted by atomic mass is 32.2. The van der Waals surface area contributed by atoms with Crippen LogP contribution in [0.15, 0.2) is 5.16 Å². The Balaban J connectivity index is 4.55. The molecule has 0 aromatic carbocycles. The monoisotopic (exact) mass is 264 g/mol. The van der Waals surface area contributed by atoms with E-state index < -0.39 is 21.7 Å². The normalized spacial score (nSPS) is 13.6. The second-order valence-corrected chi connectivity index (χ2v) is 4.84. The summed E-state index contributed by atoms with van der Waals surface area (Å²) < 4.78 is 4.71. The molecule has 0 saturated carbocycles. The van der Waals surface area contributed by atoms with Crippen LogP contribution in [0.25, 0.3) is 0 Å². The molecule has 0 aliphatic heterocycles. The molecule has 0 heterocycles. The summed E-state index contributed by atoms with van der Waals surface area (Å²) in [6.07, 6.45) is 1.05. The van der Waals surface area contributed by atoms with Crippen molar-refractivity contribution >= 4 is 23.9 Å². The van der Waals surface area contributed by atoms with Crippen LogP contribution in [-0.2, 0) is 9.53 Å². The molecule has 0 bridgehead atoms. The zero-order valence-corrected chi connectivity index (χ0v) is 10.8. The molecule has 1 N–H and O–H groups in total. The first-order chi connectivity index (χ1) is 7.86. The van der Waals surface area contributed by atoms with E-state index in [1.165, 1.54) is 13.8 Å².